The second-order valence-electron chi connectivity index (χ2n) is 10.9. The third kappa shape index (κ3) is 4.02. The predicted octanol–water partition coefficient (Wildman–Crippen LogP) is 8.16. The summed E-state index contributed by atoms with van der Waals surface area (Å²) in [4.78, 5) is 19.0. The van der Waals surface area contributed by atoms with Crippen molar-refractivity contribution in [3.63, 3.8) is 0 Å². The van der Waals surface area contributed by atoms with Crippen molar-refractivity contribution in [2.75, 3.05) is 18.0 Å². The monoisotopic (exact) mass is 526 g/mol. The molecule has 1 saturated carbocycles. The summed E-state index contributed by atoms with van der Waals surface area (Å²) < 4.78 is 0. The van der Waals surface area contributed by atoms with E-state index in [0.717, 1.165) is 31.6 Å². The highest BCUT2D eigenvalue weighted by Crippen LogP contribution is 2.68. The lowest BCUT2D eigenvalue weighted by atomic mass is 9.69. The fraction of sp³-hybridized carbons (Fsp3) is 0.448. The number of carbonyl (C=O) groups is 1. The van der Waals surface area contributed by atoms with Crippen LogP contribution in [0.25, 0.3) is 0 Å². The summed E-state index contributed by atoms with van der Waals surface area (Å²) in [7, 11) is 0. The number of nitrogens with zero attached hydrogens (tertiary/aromatic N) is 2. The van der Waals surface area contributed by atoms with Crippen LogP contribution >= 0.6 is 35.4 Å². The molecule has 0 N–H and O–H groups in total. The number of hydrogen-bond acceptors (Lipinski definition) is 3. The number of piperidine rings is 1. The van der Waals surface area contributed by atoms with Gasteiger partial charge in [-0.15, -0.1) is 0 Å². The van der Waals surface area contributed by atoms with Crippen LogP contribution in [0.5, 0.6) is 0 Å². The van der Waals surface area contributed by atoms with Crippen molar-refractivity contribution >= 4 is 52.0 Å². The Balaban J connectivity index is 1.66. The normalized spacial score (nSPS) is 25.2. The quantitative estimate of drug-likeness (QED) is 0.375. The number of carbonyl (C=O) groups excluding carboxylic acids is 1. The van der Waals surface area contributed by atoms with Gasteiger partial charge in [0, 0.05) is 45.4 Å². The van der Waals surface area contributed by atoms with Gasteiger partial charge in [-0.3, -0.25) is 9.69 Å². The standard InChI is InChI=1S/C29H32Cl2N2OS/c1-28(2)23-12-13-29(28,3)25(32-14-8-5-9-15-32)24(23)27(35)33(22-10-6-4-7-11-22)26(34)19-16-20(30)18-21(31)17-19/h4,6-7,10-11,16-18,23H,5,8-9,12-15H2,1-3H3/t23-,29+/m1/s1. The van der Waals surface area contributed by atoms with Crippen molar-refractivity contribution < 1.29 is 4.79 Å². The molecule has 2 aliphatic carbocycles. The molecule has 1 saturated heterocycles. The van der Waals surface area contributed by atoms with Crippen LogP contribution in [-0.2, 0) is 0 Å². The number of anilines is 1. The number of hydrogen-bond donors (Lipinski definition) is 0. The Morgan fingerprint density at radius 1 is 1.00 bits per heavy atom. The van der Waals surface area contributed by atoms with E-state index in [-0.39, 0.29) is 16.7 Å². The lowest BCUT2D eigenvalue weighted by Crippen LogP contribution is -2.42. The topological polar surface area (TPSA) is 23.6 Å². The number of benzene rings is 2. The first-order valence-corrected chi connectivity index (χ1v) is 13.7. The van der Waals surface area contributed by atoms with E-state index in [1.54, 1.807) is 23.1 Å². The summed E-state index contributed by atoms with van der Waals surface area (Å²) in [6, 6.07) is 14.7. The molecular weight excluding hydrogens is 495 g/mol. The second kappa shape index (κ2) is 9.21. The Bertz CT molecular complexity index is 1180. The van der Waals surface area contributed by atoms with Crippen molar-refractivity contribution in [3.8, 4) is 0 Å². The maximum absolute atomic E-state index is 14.1. The zero-order valence-electron chi connectivity index (χ0n) is 20.6. The average molecular weight is 528 g/mol. The number of amides is 1. The molecule has 0 unspecified atom stereocenters. The van der Waals surface area contributed by atoms with Gasteiger partial charge in [-0.05, 0) is 73.8 Å². The van der Waals surface area contributed by atoms with Crippen LogP contribution in [0.15, 0.2) is 59.8 Å². The summed E-state index contributed by atoms with van der Waals surface area (Å²) in [5.41, 5.74) is 3.87. The van der Waals surface area contributed by atoms with Crippen LogP contribution in [0, 0.1) is 16.7 Å². The van der Waals surface area contributed by atoms with Gasteiger partial charge >= 0.3 is 0 Å². The number of fused-ring (bicyclic) bond motifs is 2. The fourth-order valence-electron chi connectivity index (χ4n) is 6.61. The third-order valence-electron chi connectivity index (χ3n) is 8.79. The number of para-hydroxylation sites is 1. The minimum atomic E-state index is -0.207. The molecule has 0 radical (unpaired) electrons. The molecule has 3 nitrogen and oxygen atoms in total. The Labute approximate surface area is 224 Å². The van der Waals surface area contributed by atoms with Crippen molar-refractivity contribution in [1.82, 2.24) is 4.90 Å². The van der Waals surface area contributed by atoms with Gasteiger partial charge in [0.2, 0.25) is 0 Å². The lowest BCUT2D eigenvalue weighted by Gasteiger charge is -2.43. The molecule has 3 aliphatic rings. The van der Waals surface area contributed by atoms with E-state index in [0.29, 0.717) is 26.5 Å². The number of likely N-dealkylation sites (tertiary alicyclic amines) is 1. The van der Waals surface area contributed by atoms with E-state index in [1.807, 2.05) is 30.3 Å². The maximum Gasteiger partial charge on any atom is 0.263 e. The minimum absolute atomic E-state index is 0.0408. The first-order valence-electron chi connectivity index (χ1n) is 12.5. The highest BCUT2D eigenvalue weighted by molar-refractivity contribution is 7.81. The summed E-state index contributed by atoms with van der Waals surface area (Å²) in [5, 5.41) is 0.864. The summed E-state index contributed by atoms with van der Waals surface area (Å²) in [6.45, 7) is 9.30. The number of halogens is 2. The van der Waals surface area contributed by atoms with Crippen LogP contribution in [0.2, 0.25) is 10.0 Å². The van der Waals surface area contributed by atoms with Crippen LogP contribution in [0.3, 0.4) is 0 Å². The molecule has 2 atom stereocenters. The minimum Gasteiger partial charge on any atom is -0.374 e. The molecule has 184 valence electrons. The molecule has 1 amide bonds. The van der Waals surface area contributed by atoms with Gasteiger partial charge in [0.15, 0.2) is 0 Å². The summed E-state index contributed by atoms with van der Waals surface area (Å²) in [6.07, 6.45) is 5.93. The third-order valence-corrected chi connectivity index (χ3v) is 9.62. The van der Waals surface area contributed by atoms with Gasteiger partial charge in [-0.25, -0.2) is 0 Å². The first kappa shape index (κ1) is 24.8. The SMILES string of the molecule is CC1(C)[C@@H]2CC[C@@]1(C)C(N1CCCCC1)=C2C(=S)N(C(=O)c1cc(Cl)cc(Cl)c1)c1ccccc1. The van der Waals surface area contributed by atoms with Crippen LogP contribution in [0.1, 0.15) is 63.2 Å². The number of rotatable bonds is 4. The van der Waals surface area contributed by atoms with Crippen LogP contribution < -0.4 is 4.90 Å². The molecule has 6 heteroatoms. The van der Waals surface area contributed by atoms with Crippen molar-refractivity contribution in [2.24, 2.45) is 16.7 Å². The van der Waals surface area contributed by atoms with Gasteiger partial charge in [0.1, 0.15) is 4.99 Å². The molecule has 1 aliphatic heterocycles. The predicted molar refractivity (Wildman–Crippen MR) is 149 cm³/mol. The molecular formula is C29H32Cl2N2OS. The van der Waals surface area contributed by atoms with Gasteiger partial charge in [0.05, 0.1) is 5.69 Å². The molecule has 2 fully saturated rings. The maximum atomic E-state index is 14.1. The van der Waals surface area contributed by atoms with Crippen molar-refractivity contribution in [2.45, 2.75) is 52.9 Å². The largest absolute Gasteiger partial charge is 0.374 e. The van der Waals surface area contributed by atoms with Crippen LogP contribution in [0.4, 0.5) is 5.69 Å². The van der Waals surface area contributed by atoms with Gasteiger partial charge in [0.25, 0.3) is 5.91 Å². The lowest BCUT2D eigenvalue weighted by molar-refractivity contribution is 0.100. The second-order valence-corrected chi connectivity index (χ2v) is 12.2. The molecule has 1 heterocycles. The molecule has 5 rings (SSSR count). The van der Waals surface area contributed by atoms with Gasteiger partial charge in [-0.1, -0.05) is 74.4 Å². The zero-order chi connectivity index (χ0) is 25.0. The molecule has 0 spiro atoms. The summed E-state index contributed by atoms with van der Waals surface area (Å²) >= 11 is 18.8. The highest BCUT2D eigenvalue weighted by Gasteiger charge is 2.63. The first-order chi connectivity index (χ1) is 16.6. The van der Waals surface area contributed by atoms with Gasteiger partial charge < -0.3 is 4.90 Å². The van der Waals surface area contributed by atoms with E-state index < -0.39 is 0 Å². The Kier molecular flexibility index (Phi) is 6.52. The highest BCUT2D eigenvalue weighted by atomic mass is 35.5. The van der Waals surface area contributed by atoms with E-state index in [9.17, 15) is 4.79 Å². The zero-order valence-corrected chi connectivity index (χ0v) is 22.9. The Morgan fingerprint density at radius 2 is 1.63 bits per heavy atom. The summed E-state index contributed by atoms with van der Waals surface area (Å²) in [5.74, 6) is 0.112. The molecule has 0 aromatic heterocycles. The Morgan fingerprint density at radius 3 is 2.26 bits per heavy atom. The number of allylic oxidation sites excluding steroid dienone is 1. The smallest absolute Gasteiger partial charge is 0.263 e. The van der Waals surface area contributed by atoms with E-state index in [1.165, 1.54) is 30.5 Å². The molecule has 2 bridgehead atoms. The van der Waals surface area contributed by atoms with E-state index in [4.69, 9.17) is 35.4 Å². The van der Waals surface area contributed by atoms with Gasteiger partial charge in [-0.2, -0.15) is 0 Å². The van der Waals surface area contributed by atoms with E-state index >= 15 is 0 Å². The van der Waals surface area contributed by atoms with Crippen LogP contribution in [-0.4, -0.2) is 28.9 Å². The Hall–Kier alpha value is -1.88. The van der Waals surface area contributed by atoms with Crippen molar-refractivity contribution in [1.29, 1.82) is 0 Å². The van der Waals surface area contributed by atoms with Crippen molar-refractivity contribution in [3.05, 3.63) is 75.4 Å². The number of thiocarbonyl (C=S) groups is 1. The van der Waals surface area contributed by atoms with E-state index in [2.05, 4.69) is 25.7 Å². The molecule has 2 aromatic rings. The molecule has 2 aromatic carbocycles. The fourth-order valence-corrected chi connectivity index (χ4v) is 7.56. The average Bonchev–Trinajstić information content (AvgIpc) is 3.17. The molecule has 35 heavy (non-hydrogen) atoms.